The molecule has 1 spiro atoms. The van der Waals surface area contributed by atoms with Crippen molar-refractivity contribution in [2.75, 3.05) is 24.5 Å². The third-order valence-electron chi connectivity index (χ3n) is 4.91. The number of nitrogens with zero attached hydrogens (tertiary/aromatic N) is 1. The van der Waals surface area contributed by atoms with Crippen LogP contribution in [0.15, 0.2) is 22.7 Å². The fraction of sp³-hybridized carbons (Fsp3) is 0.647. The summed E-state index contributed by atoms with van der Waals surface area (Å²) in [6, 6.07) is 6.69. The molecule has 1 aliphatic carbocycles. The van der Waals surface area contributed by atoms with E-state index < -0.39 is 0 Å². The highest BCUT2D eigenvalue weighted by molar-refractivity contribution is 9.10. The molecule has 1 N–H and O–H groups in total. The van der Waals surface area contributed by atoms with Crippen molar-refractivity contribution in [3.63, 3.8) is 0 Å². The summed E-state index contributed by atoms with van der Waals surface area (Å²) in [6.07, 6.45) is 8.14. The molecule has 0 aromatic heterocycles. The molecule has 0 bridgehead atoms. The van der Waals surface area contributed by atoms with Crippen LogP contribution in [0.2, 0.25) is 0 Å². The highest BCUT2D eigenvalue weighted by atomic mass is 79.9. The molecule has 1 saturated carbocycles. The van der Waals surface area contributed by atoms with Crippen LogP contribution in [0.1, 0.15) is 44.1 Å². The maximum atomic E-state index is 3.88. The summed E-state index contributed by atoms with van der Waals surface area (Å²) in [4.78, 5) is 2.62. The molecular formula is C17H25BrN2. The Labute approximate surface area is 131 Å². The predicted molar refractivity (Wildman–Crippen MR) is 89.5 cm³/mol. The van der Waals surface area contributed by atoms with E-state index in [1.54, 1.807) is 0 Å². The van der Waals surface area contributed by atoms with Gasteiger partial charge in [-0.15, -0.1) is 0 Å². The zero-order valence-electron chi connectivity index (χ0n) is 12.4. The molecule has 1 aromatic rings. The first kappa shape index (κ1) is 14.4. The lowest BCUT2D eigenvalue weighted by Gasteiger charge is -2.41. The number of rotatable bonds is 1. The SMILES string of the molecule is Cc1cc(Br)ccc1N1CCCNC2(CCCCC2)C1. The van der Waals surface area contributed by atoms with E-state index in [0.29, 0.717) is 5.54 Å². The Balaban J connectivity index is 1.84. The number of nitrogens with one attached hydrogen (secondary N) is 1. The molecule has 2 fully saturated rings. The molecule has 3 rings (SSSR count). The number of halogens is 1. The van der Waals surface area contributed by atoms with E-state index in [-0.39, 0.29) is 0 Å². The zero-order valence-corrected chi connectivity index (χ0v) is 14.0. The first-order valence-corrected chi connectivity index (χ1v) is 8.74. The third kappa shape index (κ3) is 3.04. The largest absolute Gasteiger partial charge is 0.369 e. The molecule has 110 valence electrons. The minimum Gasteiger partial charge on any atom is -0.369 e. The first-order valence-electron chi connectivity index (χ1n) is 7.95. The van der Waals surface area contributed by atoms with Crippen LogP contribution >= 0.6 is 15.9 Å². The van der Waals surface area contributed by atoms with Crippen LogP contribution in [0.4, 0.5) is 5.69 Å². The van der Waals surface area contributed by atoms with Gasteiger partial charge in [0, 0.05) is 28.8 Å². The van der Waals surface area contributed by atoms with E-state index in [0.717, 1.165) is 0 Å². The Morgan fingerprint density at radius 1 is 1.15 bits per heavy atom. The van der Waals surface area contributed by atoms with Crippen LogP contribution < -0.4 is 10.2 Å². The molecule has 0 atom stereocenters. The van der Waals surface area contributed by atoms with Crippen molar-refractivity contribution in [3.05, 3.63) is 28.2 Å². The molecule has 2 aliphatic rings. The molecule has 1 heterocycles. The fourth-order valence-electron chi connectivity index (χ4n) is 3.87. The van der Waals surface area contributed by atoms with Crippen LogP contribution in [0.25, 0.3) is 0 Å². The van der Waals surface area contributed by atoms with Crippen LogP contribution in [-0.4, -0.2) is 25.2 Å². The summed E-state index contributed by atoms with van der Waals surface area (Å²) in [7, 11) is 0. The second kappa shape index (κ2) is 6.07. The average molecular weight is 337 g/mol. The van der Waals surface area contributed by atoms with Gasteiger partial charge in [-0.05, 0) is 56.5 Å². The fourth-order valence-corrected chi connectivity index (χ4v) is 4.34. The quantitative estimate of drug-likeness (QED) is 0.824. The van der Waals surface area contributed by atoms with Crippen molar-refractivity contribution >= 4 is 21.6 Å². The van der Waals surface area contributed by atoms with Gasteiger partial charge in [-0.2, -0.15) is 0 Å². The standard InChI is InChI=1S/C17H25BrN2/c1-14-12-15(18)6-7-16(14)20-11-5-10-19-17(13-20)8-3-2-4-9-17/h6-7,12,19H,2-5,8-11,13H2,1H3. The average Bonchev–Trinajstić information content (AvgIpc) is 2.63. The van der Waals surface area contributed by atoms with E-state index in [2.05, 4.69) is 51.3 Å². The summed E-state index contributed by atoms with van der Waals surface area (Å²) >= 11 is 3.57. The van der Waals surface area contributed by atoms with Crippen molar-refractivity contribution in [3.8, 4) is 0 Å². The lowest BCUT2D eigenvalue weighted by atomic mass is 9.81. The second-order valence-electron chi connectivity index (χ2n) is 6.47. The molecule has 20 heavy (non-hydrogen) atoms. The smallest absolute Gasteiger partial charge is 0.0397 e. The van der Waals surface area contributed by atoms with Crippen LogP contribution in [0.3, 0.4) is 0 Å². The minimum absolute atomic E-state index is 0.369. The third-order valence-corrected chi connectivity index (χ3v) is 5.40. The molecule has 0 amide bonds. The maximum absolute atomic E-state index is 3.88. The highest BCUT2D eigenvalue weighted by Crippen LogP contribution is 2.33. The van der Waals surface area contributed by atoms with Crippen LogP contribution in [-0.2, 0) is 0 Å². The van der Waals surface area contributed by atoms with Crippen molar-refractivity contribution < 1.29 is 0 Å². The number of hydrogen-bond acceptors (Lipinski definition) is 2. The van der Waals surface area contributed by atoms with Gasteiger partial charge in [-0.3, -0.25) is 0 Å². The molecule has 0 radical (unpaired) electrons. The van der Waals surface area contributed by atoms with Crippen molar-refractivity contribution in [2.24, 2.45) is 0 Å². The lowest BCUT2D eigenvalue weighted by molar-refractivity contribution is 0.246. The lowest BCUT2D eigenvalue weighted by Crippen LogP contribution is -2.52. The Morgan fingerprint density at radius 3 is 2.70 bits per heavy atom. The Morgan fingerprint density at radius 2 is 1.95 bits per heavy atom. The maximum Gasteiger partial charge on any atom is 0.0397 e. The number of anilines is 1. The van der Waals surface area contributed by atoms with Gasteiger partial charge in [0.2, 0.25) is 0 Å². The molecule has 0 unspecified atom stereocenters. The van der Waals surface area contributed by atoms with Crippen molar-refractivity contribution in [1.82, 2.24) is 5.32 Å². The van der Waals surface area contributed by atoms with Gasteiger partial charge in [-0.25, -0.2) is 0 Å². The van der Waals surface area contributed by atoms with Gasteiger partial charge in [0.05, 0.1) is 0 Å². The van der Waals surface area contributed by atoms with E-state index in [1.165, 1.54) is 73.9 Å². The minimum atomic E-state index is 0.369. The van der Waals surface area contributed by atoms with Crippen LogP contribution in [0, 0.1) is 6.92 Å². The zero-order chi connectivity index (χ0) is 14.0. The summed E-state index contributed by atoms with van der Waals surface area (Å²) in [5.74, 6) is 0. The molecule has 1 saturated heterocycles. The topological polar surface area (TPSA) is 15.3 Å². The summed E-state index contributed by atoms with van der Waals surface area (Å²) in [5, 5.41) is 3.88. The molecule has 2 nitrogen and oxygen atoms in total. The van der Waals surface area contributed by atoms with Gasteiger partial charge < -0.3 is 10.2 Å². The Bertz CT molecular complexity index is 466. The number of hydrogen-bond donors (Lipinski definition) is 1. The normalized spacial score (nSPS) is 22.8. The van der Waals surface area contributed by atoms with Gasteiger partial charge in [0.25, 0.3) is 0 Å². The van der Waals surface area contributed by atoms with E-state index in [4.69, 9.17) is 0 Å². The van der Waals surface area contributed by atoms with Crippen molar-refractivity contribution in [1.29, 1.82) is 0 Å². The second-order valence-corrected chi connectivity index (χ2v) is 7.39. The predicted octanol–water partition coefficient (Wildman–Crippen LogP) is 4.26. The highest BCUT2D eigenvalue weighted by Gasteiger charge is 2.35. The first-order chi connectivity index (χ1) is 9.69. The summed E-state index contributed by atoms with van der Waals surface area (Å²) in [5.41, 5.74) is 3.17. The number of aryl methyl sites for hydroxylation is 1. The van der Waals surface area contributed by atoms with Gasteiger partial charge >= 0.3 is 0 Å². The number of benzene rings is 1. The summed E-state index contributed by atoms with van der Waals surface area (Å²) < 4.78 is 1.18. The molecule has 1 aliphatic heterocycles. The van der Waals surface area contributed by atoms with Gasteiger partial charge in [-0.1, -0.05) is 35.2 Å². The van der Waals surface area contributed by atoms with E-state index in [9.17, 15) is 0 Å². The van der Waals surface area contributed by atoms with E-state index >= 15 is 0 Å². The summed E-state index contributed by atoms with van der Waals surface area (Å²) in [6.45, 7) is 5.75. The van der Waals surface area contributed by atoms with E-state index in [1.807, 2.05) is 0 Å². The molecular weight excluding hydrogens is 312 g/mol. The molecule has 1 aromatic carbocycles. The van der Waals surface area contributed by atoms with Crippen molar-refractivity contribution in [2.45, 2.75) is 51.0 Å². The Hall–Kier alpha value is -0.540. The van der Waals surface area contributed by atoms with Gasteiger partial charge in [0.1, 0.15) is 0 Å². The Kier molecular flexibility index (Phi) is 4.37. The van der Waals surface area contributed by atoms with Gasteiger partial charge in [0.15, 0.2) is 0 Å². The monoisotopic (exact) mass is 336 g/mol. The molecule has 3 heteroatoms. The van der Waals surface area contributed by atoms with Crippen LogP contribution in [0.5, 0.6) is 0 Å².